The van der Waals surface area contributed by atoms with Gasteiger partial charge in [0.15, 0.2) is 5.96 Å². The number of nitrogens with one attached hydrogen (secondary N) is 1. The van der Waals surface area contributed by atoms with E-state index in [1.807, 2.05) is 23.8 Å². The van der Waals surface area contributed by atoms with Gasteiger partial charge in [-0.3, -0.25) is 9.79 Å². The summed E-state index contributed by atoms with van der Waals surface area (Å²) in [6.07, 6.45) is 3.99. The number of carbonyl (C=O) groups excluding carboxylic acids is 1. The molecule has 1 N–H and O–H groups in total. The first-order valence-corrected chi connectivity index (χ1v) is 9.51. The number of hydrogen-bond acceptors (Lipinski definition) is 4. The standard InChI is InChI=1S/C17H29N5OS.HI/c1-13-7-5-6-10-22(13)16(23)8-9-19-17(18-3)21(4)11-15-12-24-14(2)20-15;/h12-13H,5-11H2,1-4H3,(H,18,19);1H. The third kappa shape index (κ3) is 6.73. The zero-order chi connectivity index (χ0) is 17.5. The molecule has 1 aromatic rings. The van der Waals surface area contributed by atoms with Gasteiger partial charge in [-0.05, 0) is 33.1 Å². The van der Waals surface area contributed by atoms with E-state index in [0.717, 1.165) is 36.0 Å². The lowest BCUT2D eigenvalue weighted by atomic mass is 10.0. The number of hydrogen-bond donors (Lipinski definition) is 1. The van der Waals surface area contributed by atoms with E-state index in [1.54, 1.807) is 18.4 Å². The molecule has 0 radical (unpaired) electrons. The largest absolute Gasteiger partial charge is 0.356 e. The molecule has 1 aliphatic rings. The monoisotopic (exact) mass is 479 g/mol. The van der Waals surface area contributed by atoms with Crippen LogP contribution < -0.4 is 5.32 Å². The SMILES string of the molecule is CN=C(NCCC(=O)N1CCCCC1C)N(C)Cc1csc(C)n1.I. The van der Waals surface area contributed by atoms with Crippen molar-refractivity contribution in [3.05, 3.63) is 16.1 Å². The lowest BCUT2D eigenvalue weighted by Gasteiger charge is -2.33. The van der Waals surface area contributed by atoms with Crippen molar-refractivity contribution in [2.45, 2.75) is 52.1 Å². The summed E-state index contributed by atoms with van der Waals surface area (Å²) in [6, 6.07) is 0.376. The number of piperidine rings is 1. The van der Waals surface area contributed by atoms with Crippen LogP contribution in [0.1, 0.15) is 43.3 Å². The Morgan fingerprint density at radius 3 is 2.88 bits per heavy atom. The average molecular weight is 479 g/mol. The second-order valence-electron chi connectivity index (χ2n) is 6.37. The van der Waals surface area contributed by atoms with E-state index >= 15 is 0 Å². The number of thiazole rings is 1. The average Bonchev–Trinajstić information content (AvgIpc) is 2.96. The molecule has 25 heavy (non-hydrogen) atoms. The Balaban J connectivity index is 0.00000312. The van der Waals surface area contributed by atoms with Crippen molar-refractivity contribution in [2.75, 3.05) is 27.2 Å². The van der Waals surface area contributed by atoms with Gasteiger partial charge in [0.2, 0.25) is 5.91 Å². The van der Waals surface area contributed by atoms with Gasteiger partial charge in [0.05, 0.1) is 17.2 Å². The van der Waals surface area contributed by atoms with Crippen LogP contribution in [0.3, 0.4) is 0 Å². The Morgan fingerprint density at radius 2 is 2.28 bits per heavy atom. The summed E-state index contributed by atoms with van der Waals surface area (Å²) in [4.78, 5) is 25.2. The Kier molecular flexibility index (Phi) is 9.70. The normalized spacial score (nSPS) is 17.8. The van der Waals surface area contributed by atoms with Crippen LogP contribution in [0.15, 0.2) is 10.4 Å². The fraction of sp³-hybridized carbons (Fsp3) is 0.706. The minimum Gasteiger partial charge on any atom is -0.356 e. The van der Waals surface area contributed by atoms with Crippen LogP contribution in [-0.4, -0.2) is 59.9 Å². The molecule has 0 aromatic carbocycles. The van der Waals surface area contributed by atoms with Crippen LogP contribution in [0.25, 0.3) is 0 Å². The minimum atomic E-state index is 0. The molecule has 0 saturated carbocycles. The van der Waals surface area contributed by atoms with Crippen LogP contribution in [0, 0.1) is 6.92 Å². The van der Waals surface area contributed by atoms with Crippen molar-refractivity contribution in [3.8, 4) is 0 Å². The van der Waals surface area contributed by atoms with Gasteiger partial charge in [-0.25, -0.2) is 4.98 Å². The quantitative estimate of drug-likeness (QED) is 0.401. The van der Waals surface area contributed by atoms with E-state index in [2.05, 4.69) is 27.6 Å². The smallest absolute Gasteiger partial charge is 0.224 e. The number of guanidine groups is 1. The molecule has 6 nitrogen and oxygen atoms in total. The third-order valence-electron chi connectivity index (χ3n) is 4.38. The predicted molar refractivity (Wildman–Crippen MR) is 115 cm³/mol. The second-order valence-corrected chi connectivity index (χ2v) is 7.43. The van der Waals surface area contributed by atoms with Gasteiger partial charge in [-0.2, -0.15) is 0 Å². The molecule has 1 amide bonds. The Morgan fingerprint density at radius 1 is 1.52 bits per heavy atom. The summed E-state index contributed by atoms with van der Waals surface area (Å²) >= 11 is 1.66. The van der Waals surface area contributed by atoms with Crippen molar-refractivity contribution >= 4 is 47.2 Å². The lowest BCUT2D eigenvalue weighted by Crippen LogP contribution is -2.44. The maximum Gasteiger partial charge on any atom is 0.224 e. The molecule has 0 aliphatic carbocycles. The van der Waals surface area contributed by atoms with Crippen molar-refractivity contribution in [1.82, 2.24) is 20.1 Å². The lowest BCUT2D eigenvalue weighted by molar-refractivity contribution is -0.134. The Bertz CT molecular complexity index is 577. The third-order valence-corrected chi connectivity index (χ3v) is 5.21. The van der Waals surface area contributed by atoms with Gasteiger partial charge in [0.25, 0.3) is 0 Å². The fourth-order valence-electron chi connectivity index (χ4n) is 3.08. The molecule has 1 saturated heterocycles. The van der Waals surface area contributed by atoms with Crippen molar-refractivity contribution in [1.29, 1.82) is 0 Å². The van der Waals surface area contributed by atoms with E-state index in [1.165, 1.54) is 6.42 Å². The van der Waals surface area contributed by atoms with Crippen molar-refractivity contribution in [2.24, 2.45) is 4.99 Å². The highest BCUT2D eigenvalue weighted by atomic mass is 127. The van der Waals surface area contributed by atoms with Gasteiger partial charge in [-0.1, -0.05) is 0 Å². The molecule has 8 heteroatoms. The van der Waals surface area contributed by atoms with Gasteiger partial charge >= 0.3 is 0 Å². The summed E-state index contributed by atoms with van der Waals surface area (Å²) in [5, 5.41) is 6.43. The number of nitrogens with zero attached hydrogens (tertiary/aromatic N) is 4. The molecule has 1 fully saturated rings. The highest BCUT2D eigenvalue weighted by Gasteiger charge is 2.22. The number of aliphatic imine (C=N–C) groups is 1. The molecule has 0 spiro atoms. The molecule has 2 heterocycles. The molecule has 2 rings (SSSR count). The van der Waals surface area contributed by atoms with E-state index in [-0.39, 0.29) is 29.9 Å². The van der Waals surface area contributed by atoms with Gasteiger partial charge in [-0.15, -0.1) is 35.3 Å². The molecule has 0 bridgehead atoms. The number of aryl methyl sites for hydroxylation is 1. The molecular weight excluding hydrogens is 449 g/mol. The van der Waals surface area contributed by atoms with Crippen LogP contribution in [0.4, 0.5) is 0 Å². The van der Waals surface area contributed by atoms with Crippen molar-refractivity contribution < 1.29 is 4.79 Å². The summed E-state index contributed by atoms with van der Waals surface area (Å²) in [6.45, 7) is 6.37. The maximum absolute atomic E-state index is 12.4. The Hall–Kier alpha value is -0.900. The van der Waals surface area contributed by atoms with E-state index in [9.17, 15) is 4.79 Å². The first kappa shape index (κ1) is 22.1. The number of rotatable bonds is 5. The summed E-state index contributed by atoms with van der Waals surface area (Å²) in [5.74, 6) is 1.03. The second kappa shape index (κ2) is 10.9. The first-order valence-electron chi connectivity index (χ1n) is 8.63. The summed E-state index contributed by atoms with van der Waals surface area (Å²) < 4.78 is 0. The molecular formula is C17H30IN5OS. The number of amides is 1. The van der Waals surface area contributed by atoms with Crippen LogP contribution in [0.5, 0.6) is 0 Å². The van der Waals surface area contributed by atoms with Gasteiger partial charge in [0, 0.05) is 45.0 Å². The van der Waals surface area contributed by atoms with Crippen LogP contribution in [-0.2, 0) is 11.3 Å². The minimum absolute atomic E-state index is 0. The number of likely N-dealkylation sites (tertiary alicyclic amines) is 1. The fourth-order valence-corrected chi connectivity index (χ4v) is 3.68. The maximum atomic E-state index is 12.4. The topological polar surface area (TPSA) is 60.8 Å². The Labute approximate surface area is 172 Å². The van der Waals surface area contributed by atoms with Gasteiger partial charge in [0.1, 0.15) is 0 Å². The summed E-state index contributed by atoms with van der Waals surface area (Å²) in [7, 11) is 3.75. The summed E-state index contributed by atoms with van der Waals surface area (Å²) in [5.41, 5.74) is 1.04. The molecule has 1 unspecified atom stereocenters. The number of halogens is 1. The van der Waals surface area contributed by atoms with Crippen LogP contribution in [0.2, 0.25) is 0 Å². The van der Waals surface area contributed by atoms with Crippen molar-refractivity contribution in [3.63, 3.8) is 0 Å². The zero-order valence-electron chi connectivity index (χ0n) is 15.6. The zero-order valence-corrected chi connectivity index (χ0v) is 18.8. The molecule has 142 valence electrons. The first-order chi connectivity index (χ1) is 11.5. The van der Waals surface area contributed by atoms with E-state index in [4.69, 9.17) is 0 Å². The van der Waals surface area contributed by atoms with Crippen LogP contribution >= 0.6 is 35.3 Å². The highest BCUT2D eigenvalue weighted by molar-refractivity contribution is 14.0. The number of aromatic nitrogens is 1. The molecule has 1 atom stereocenters. The van der Waals surface area contributed by atoms with E-state index in [0.29, 0.717) is 25.6 Å². The number of carbonyl (C=O) groups is 1. The van der Waals surface area contributed by atoms with E-state index < -0.39 is 0 Å². The molecule has 1 aliphatic heterocycles. The molecule has 1 aromatic heterocycles. The predicted octanol–water partition coefficient (Wildman–Crippen LogP) is 2.87. The highest BCUT2D eigenvalue weighted by Crippen LogP contribution is 2.17. The van der Waals surface area contributed by atoms with Gasteiger partial charge < -0.3 is 15.1 Å².